The first-order valence-electron chi connectivity index (χ1n) is 6.70. The first-order chi connectivity index (χ1) is 9.74. The molecule has 0 bridgehead atoms. The number of aromatic nitrogens is 2. The van der Waals surface area contributed by atoms with E-state index in [-0.39, 0.29) is 12.3 Å². The van der Waals surface area contributed by atoms with Crippen LogP contribution in [0.4, 0.5) is 5.13 Å². The molecule has 2 aromatic rings. The summed E-state index contributed by atoms with van der Waals surface area (Å²) in [5, 5.41) is 13.2. The van der Waals surface area contributed by atoms with Crippen LogP contribution in [0.3, 0.4) is 0 Å². The van der Waals surface area contributed by atoms with Crippen LogP contribution in [-0.2, 0) is 6.54 Å². The lowest BCUT2D eigenvalue weighted by molar-refractivity contribution is 0.0966. The second-order valence-electron chi connectivity index (χ2n) is 4.83. The molecule has 1 aliphatic heterocycles. The number of carbonyl (C=O) groups excluding carboxylic acids is 1. The molecule has 0 unspecified atom stereocenters. The summed E-state index contributed by atoms with van der Waals surface area (Å²) in [5.74, 6) is -0.0117. The van der Waals surface area contributed by atoms with Crippen molar-refractivity contribution in [2.45, 2.75) is 19.4 Å². The molecular formula is C14H16N4OS. The molecule has 1 saturated heterocycles. The van der Waals surface area contributed by atoms with E-state index in [1.165, 1.54) is 28.9 Å². The van der Waals surface area contributed by atoms with E-state index in [0.29, 0.717) is 10.4 Å². The molecule has 2 heterocycles. The summed E-state index contributed by atoms with van der Waals surface area (Å²) in [6, 6.07) is 9.15. The number of rotatable bonds is 4. The second kappa shape index (κ2) is 5.58. The topological polar surface area (TPSA) is 62.0 Å². The van der Waals surface area contributed by atoms with Gasteiger partial charge in [0.2, 0.25) is 9.93 Å². The molecule has 0 radical (unpaired) electrons. The Morgan fingerprint density at radius 3 is 2.65 bits per heavy atom. The van der Waals surface area contributed by atoms with E-state index in [4.69, 9.17) is 5.41 Å². The quantitative estimate of drug-likeness (QED) is 0.874. The van der Waals surface area contributed by atoms with Gasteiger partial charge < -0.3 is 4.90 Å². The fourth-order valence-electron chi connectivity index (χ4n) is 2.30. The van der Waals surface area contributed by atoms with Crippen molar-refractivity contribution >= 4 is 22.3 Å². The summed E-state index contributed by atoms with van der Waals surface area (Å²) in [6.45, 7) is 2.13. The van der Waals surface area contributed by atoms with Crippen LogP contribution in [0, 0.1) is 5.41 Å². The van der Waals surface area contributed by atoms with Gasteiger partial charge in [0, 0.05) is 18.7 Å². The average Bonchev–Trinajstić information content (AvgIpc) is 3.10. The van der Waals surface area contributed by atoms with Crippen LogP contribution in [0.1, 0.15) is 23.2 Å². The normalized spacial score (nSPS) is 14.7. The summed E-state index contributed by atoms with van der Waals surface area (Å²) in [7, 11) is 0. The van der Waals surface area contributed by atoms with E-state index >= 15 is 0 Å². The van der Waals surface area contributed by atoms with Gasteiger partial charge in [-0.3, -0.25) is 10.2 Å². The van der Waals surface area contributed by atoms with E-state index < -0.39 is 0 Å². The lowest BCUT2D eigenvalue weighted by atomic mass is 10.1. The molecular weight excluding hydrogens is 272 g/mol. The van der Waals surface area contributed by atoms with Crippen LogP contribution < -0.4 is 9.70 Å². The minimum Gasteiger partial charge on any atom is -0.347 e. The average molecular weight is 288 g/mol. The molecule has 6 heteroatoms. The van der Waals surface area contributed by atoms with Crippen molar-refractivity contribution in [2.75, 3.05) is 18.0 Å². The standard InChI is InChI=1S/C14H16N4OS/c15-13-18(10-12(19)11-6-2-1-3-7-11)16-14(20-13)17-8-4-5-9-17/h1-3,6-7,15H,4-5,8-10H2. The van der Waals surface area contributed by atoms with Gasteiger partial charge in [0.1, 0.15) is 6.54 Å². The van der Waals surface area contributed by atoms with Gasteiger partial charge in [-0.2, -0.15) is 0 Å². The van der Waals surface area contributed by atoms with Crippen molar-refractivity contribution in [3.63, 3.8) is 0 Å². The van der Waals surface area contributed by atoms with Gasteiger partial charge in [0.05, 0.1) is 0 Å². The van der Waals surface area contributed by atoms with Crippen LogP contribution >= 0.6 is 11.3 Å². The molecule has 1 aromatic carbocycles. The van der Waals surface area contributed by atoms with Gasteiger partial charge >= 0.3 is 0 Å². The smallest absolute Gasteiger partial charge is 0.207 e. The first kappa shape index (κ1) is 13.1. The maximum atomic E-state index is 12.1. The van der Waals surface area contributed by atoms with Gasteiger partial charge in [-0.1, -0.05) is 41.7 Å². The Morgan fingerprint density at radius 1 is 1.25 bits per heavy atom. The molecule has 1 aromatic heterocycles. The zero-order chi connectivity index (χ0) is 13.9. The van der Waals surface area contributed by atoms with Crippen LogP contribution in [0.5, 0.6) is 0 Å². The predicted octanol–water partition coefficient (Wildman–Crippen LogP) is 1.91. The Balaban J connectivity index is 1.77. The highest BCUT2D eigenvalue weighted by molar-refractivity contribution is 7.12. The van der Waals surface area contributed by atoms with Gasteiger partial charge in [0.25, 0.3) is 0 Å². The van der Waals surface area contributed by atoms with Crippen LogP contribution in [0.2, 0.25) is 0 Å². The van der Waals surface area contributed by atoms with Gasteiger partial charge in [-0.25, -0.2) is 4.68 Å². The molecule has 0 amide bonds. The van der Waals surface area contributed by atoms with Crippen molar-refractivity contribution < 1.29 is 4.79 Å². The van der Waals surface area contributed by atoms with Crippen molar-refractivity contribution in [1.29, 1.82) is 5.41 Å². The van der Waals surface area contributed by atoms with Crippen molar-refractivity contribution in [3.8, 4) is 0 Å². The van der Waals surface area contributed by atoms with Gasteiger partial charge in [-0.05, 0) is 12.8 Å². The highest BCUT2D eigenvalue weighted by atomic mass is 32.1. The Labute approximate surface area is 121 Å². The van der Waals surface area contributed by atoms with E-state index in [1.54, 1.807) is 12.1 Å². The molecule has 0 atom stereocenters. The molecule has 1 N–H and O–H groups in total. The molecule has 1 fully saturated rings. The third-order valence-electron chi connectivity index (χ3n) is 3.39. The highest BCUT2D eigenvalue weighted by Crippen LogP contribution is 2.19. The van der Waals surface area contributed by atoms with Crippen molar-refractivity contribution in [2.24, 2.45) is 0 Å². The first-order valence-corrected chi connectivity index (χ1v) is 7.51. The summed E-state index contributed by atoms with van der Waals surface area (Å²) >= 11 is 1.34. The number of Topliss-reactive ketones (excluding diaryl/α,β-unsaturated/α-hetero) is 1. The molecule has 1 aliphatic rings. The molecule has 20 heavy (non-hydrogen) atoms. The molecule has 0 saturated carbocycles. The Hall–Kier alpha value is -1.95. The summed E-state index contributed by atoms with van der Waals surface area (Å²) in [6.07, 6.45) is 2.35. The SMILES string of the molecule is N=c1sc(N2CCCC2)nn1CC(=O)c1ccccc1. The van der Waals surface area contributed by atoms with E-state index in [0.717, 1.165) is 18.2 Å². The number of nitrogens with one attached hydrogen (secondary N) is 1. The Bertz CT molecular complexity index is 655. The fourth-order valence-corrected chi connectivity index (χ4v) is 3.14. The van der Waals surface area contributed by atoms with Crippen LogP contribution in [0.15, 0.2) is 30.3 Å². The Kier molecular flexibility index (Phi) is 3.64. The summed E-state index contributed by atoms with van der Waals surface area (Å²) in [5.41, 5.74) is 0.662. The third kappa shape index (κ3) is 2.65. The predicted molar refractivity (Wildman–Crippen MR) is 78.2 cm³/mol. The maximum Gasteiger partial charge on any atom is 0.207 e. The van der Waals surface area contributed by atoms with Gasteiger partial charge in [0.15, 0.2) is 5.78 Å². The summed E-state index contributed by atoms with van der Waals surface area (Å²) in [4.78, 5) is 14.7. The number of ketones is 1. The molecule has 5 nitrogen and oxygen atoms in total. The molecule has 0 aliphatic carbocycles. The van der Waals surface area contributed by atoms with Crippen molar-refractivity contribution in [1.82, 2.24) is 9.78 Å². The zero-order valence-electron chi connectivity index (χ0n) is 11.1. The second-order valence-corrected chi connectivity index (χ2v) is 5.79. The maximum absolute atomic E-state index is 12.1. The van der Waals surface area contributed by atoms with Crippen LogP contribution in [-0.4, -0.2) is 28.7 Å². The molecule has 3 rings (SSSR count). The largest absolute Gasteiger partial charge is 0.347 e. The fraction of sp³-hybridized carbons (Fsp3) is 0.357. The van der Waals surface area contributed by atoms with Crippen LogP contribution in [0.25, 0.3) is 0 Å². The van der Waals surface area contributed by atoms with E-state index in [9.17, 15) is 4.79 Å². The minimum absolute atomic E-state index is 0.0117. The monoisotopic (exact) mass is 288 g/mol. The highest BCUT2D eigenvalue weighted by Gasteiger charge is 2.17. The minimum atomic E-state index is -0.0117. The molecule has 104 valence electrons. The number of carbonyl (C=O) groups is 1. The van der Waals surface area contributed by atoms with E-state index in [2.05, 4.69) is 10.00 Å². The summed E-state index contributed by atoms with van der Waals surface area (Å²) < 4.78 is 1.49. The Morgan fingerprint density at radius 2 is 1.95 bits per heavy atom. The number of hydrogen-bond donors (Lipinski definition) is 1. The lowest BCUT2D eigenvalue weighted by Gasteiger charge is -2.11. The lowest BCUT2D eigenvalue weighted by Crippen LogP contribution is -2.22. The zero-order valence-corrected chi connectivity index (χ0v) is 11.9. The third-order valence-corrected chi connectivity index (χ3v) is 4.32. The number of hydrogen-bond acceptors (Lipinski definition) is 5. The molecule has 0 spiro atoms. The number of anilines is 1. The number of benzene rings is 1. The van der Waals surface area contributed by atoms with Crippen molar-refractivity contribution in [3.05, 3.63) is 40.7 Å². The number of nitrogens with zero attached hydrogens (tertiary/aromatic N) is 3. The van der Waals surface area contributed by atoms with Gasteiger partial charge in [-0.15, -0.1) is 5.10 Å². The van der Waals surface area contributed by atoms with E-state index in [1.807, 2.05) is 18.2 Å².